The smallest absolute Gasteiger partial charge is 0.305 e. The molecule has 0 radical (unpaired) electrons. The summed E-state index contributed by atoms with van der Waals surface area (Å²) in [4.78, 5) is 36.4. The Bertz CT molecular complexity index is 810. The second-order valence-corrected chi connectivity index (χ2v) is 13.6. The Morgan fingerprint density at radius 1 is 0.778 bits per heavy atom. The van der Waals surface area contributed by atoms with Gasteiger partial charge in [-0.3, -0.25) is 14.4 Å². The second-order valence-electron chi connectivity index (χ2n) is 13.6. The molecule has 0 heterocycles. The number of rotatable bonds is 28. The molecule has 1 saturated carbocycles. The van der Waals surface area contributed by atoms with Crippen molar-refractivity contribution < 1.29 is 39.2 Å². The van der Waals surface area contributed by atoms with Crippen molar-refractivity contribution in [3.05, 3.63) is 12.2 Å². The largest absolute Gasteiger partial charge is 0.463 e. The molecule has 0 spiro atoms. The molecule has 8 heteroatoms. The average Bonchev–Trinajstić information content (AvgIpc) is 3.27. The lowest BCUT2D eigenvalue weighted by Crippen LogP contribution is -2.25. The van der Waals surface area contributed by atoms with Gasteiger partial charge in [-0.05, 0) is 37.5 Å². The minimum atomic E-state index is -1.03. The highest BCUT2D eigenvalue weighted by atomic mass is 16.6. The van der Waals surface area contributed by atoms with Crippen LogP contribution in [0.5, 0.6) is 0 Å². The van der Waals surface area contributed by atoms with Gasteiger partial charge in [-0.1, -0.05) is 123 Å². The maximum atomic E-state index is 12.4. The highest BCUT2D eigenvalue weighted by Crippen LogP contribution is 2.34. The standard InChI is InChI=1S/C37H66O8/c1-4-5-14-20-30(38)24-25-33-32(34(40)26-35(33)41)21-16-12-13-18-23-37(43)45-28-31(39)27-44-36(42)22-17-11-9-7-6-8-10-15-19-29(2)3/h24-25,29-34,38-40H,4-23,26-28H2,1-3H3/b25-24+/t30-,31+,32+,33+,34-/m0/s1. The molecule has 0 aromatic rings. The zero-order valence-corrected chi connectivity index (χ0v) is 28.8. The maximum Gasteiger partial charge on any atom is 0.305 e. The normalized spacial score (nSPS) is 19.8. The van der Waals surface area contributed by atoms with Crippen LogP contribution in [0.1, 0.15) is 156 Å². The van der Waals surface area contributed by atoms with Crippen LogP contribution in [0.2, 0.25) is 0 Å². The molecule has 0 amide bonds. The number of aliphatic hydroxyl groups is 3. The van der Waals surface area contributed by atoms with Crippen molar-refractivity contribution in [1.82, 2.24) is 0 Å². The number of allylic oxidation sites excluding steroid dienone is 1. The van der Waals surface area contributed by atoms with E-state index in [-0.39, 0.29) is 55.6 Å². The molecule has 0 aliphatic heterocycles. The van der Waals surface area contributed by atoms with Crippen LogP contribution in [-0.4, -0.2) is 64.6 Å². The first-order valence-electron chi connectivity index (χ1n) is 18.2. The summed E-state index contributed by atoms with van der Waals surface area (Å²) in [5, 5.41) is 30.6. The summed E-state index contributed by atoms with van der Waals surface area (Å²) in [5.74, 6) is -0.363. The van der Waals surface area contributed by atoms with Crippen LogP contribution in [0.3, 0.4) is 0 Å². The molecule has 8 nitrogen and oxygen atoms in total. The van der Waals surface area contributed by atoms with Gasteiger partial charge in [-0.15, -0.1) is 0 Å². The van der Waals surface area contributed by atoms with Crippen LogP contribution in [-0.2, 0) is 23.9 Å². The van der Waals surface area contributed by atoms with Crippen molar-refractivity contribution in [2.45, 2.75) is 174 Å². The van der Waals surface area contributed by atoms with E-state index in [1.54, 1.807) is 12.2 Å². The number of hydrogen-bond acceptors (Lipinski definition) is 8. The summed E-state index contributed by atoms with van der Waals surface area (Å²) >= 11 is 0. The number of ether oxygens (including phenoxy) is 2. The molecule has 1 aliphatic rings. The van der Waals surface area contributed by atoms with E-state index in [1.165, 1.54) is 38.5 Å². The van der Waals surface area contributed by atoms with Crippen molar-refractivity contribution >= 4 is 17.7 Å². The lowest BCUT2D eigenvalue weighted by atomic mass is 9.88. The van der Waals surface area contributed by atoms with Crippen LogP contribution < -0.4 is 0 Å². The van der Waals surface area contributed by atoms with Crippen molar-refractivity contribution in [1.29, 1.82) is 0 Å². The fraction of sp³-hybridized carbons (Fsp3) is 0.865. The first kappa shape index (κ1) is 41.3. The van der Waals surface area contributed by atoms with E-state index in [0.717, 1.165) is 70.1 Å². The third kappa shape index (κ3) is 21.6. The predicted molar refractivity (Wildman–Crippen MR) is 179 cm³/mol. The minimum absolute atomic E-state index is 0.0353. The first-order valence-corrected chi connectivity index (χ1v) is 18.2. The molecular weight excluding hydrogens is 572 g/mol. The fourth-order valence-electron chi connectivity index (χ4n) is 6.00. The van der Waals surface area contributed by atoms with Crippen molar-refractivity contribution in [3.8, 4) is 0 Å². The van der Waals surface area contributed by atoms with Gasteiger partial charge >= 0.3 is 11.9 Å². The molecule has 45 heavy (non-hydrogen) atoms. The minimum Gasteiger partial charge on any atom is -0.463 e. The van der Waals surface area contributed by atoms with E-state index in [2.05, 4.69) is 20.8 Å². The van der Waals surface area contributed by atoms with E-state index in [0.29, 0.717) is 19.3 Å². The number of carbonyl (C=O) groups excluding carboxylic acids is 3. The van der Waals surface area contributed by atoms with Crippen LogP contribution in [0.15, 0.2) is 12.2 Å². The summed E-state index contributed by atoms with van der Waals surface area (Å²) in [6.07, 6.45) is 20.4. The van der Waals surface area contributed by atoms with E-state index >= 15 is 0 Å². The van der Waals surface area contributed by atoms with E-state index in [9.17, 15) is 29.7 Å². The van der Waals surface area contributed by atoms with Crippen molar-refractivity contribution in [2.75, 3.05) is 13.2 Å². The molecule has 0 saturated heterocycles. The number of Topliss-reactive ketones (excluding diaryl/α,β-unsaturated/α-hetero) is 1. The van der Waals surface area contributed by atoms with Gasteiger partial charge in [-0.2, -0.15) is 0 Å². The van der Waals surface area contributed by atoms with Crippen LogP contribution in [0.4, 0.5) is 0 Å². The van der Waals surface area contributed by atoms with Gasteiger partial charge in [0.2, 0.25) is 0 Å². The monoisotopic (exact) mass is 638 g/mol. The summed E-state index contributed by atoms with van der Waals surface area (Å²) < 4.78 is 10.3. The van der Waals surface area contributed by atoms with Crippen LogP contribution >= 0.6 is 0 Å². The molecular formula is C37H66O8. The molecule has 0 unspecified atom stereocenters. The Kier molecular flexibility index (Phi) is 24.1. The highest BCUT2D eigenvalue weighted by Gasteiger charge is 2.39. The number of carbonyl (C=O) groups is 3. The van der Waals surface area contributed by atoms with E-state index < -0.39 is 18.3 Å². The third-order valence-electron chi connectivity index (χ3n) is 8.84. The molecule has 1 fully saturated rings. The zero-order chi connectivity index (χ0) is 33.3. The number of hydrogen-bond donors (Lipinski definition) is 3. The molecule has 3 N–H and O–H groups in total. The summed E-state index contributed by atoms with van der Waals surface area (Å²) in [5.41, 5.74) is 0. The summed E-state index contributed by atoms with van der Waals surface area (Å²) in [6.45, 7) is 6.28. The Hall–Kier alpha value is -1.77. The second kappa shape index (κ2) is 26.3. The quantitative estimate of drug-likeness (QED) is 0.0459. The summed E-state index contributed by atoms with van der Waals surface area (Å²) in [7, 11) is 0. The van der Waals surface area contributed by atoms with Gasteiger partial charge < -0.3 is 24.8 Å². The Balaban J connectivity index is 2.06. The van der Waals surface area contributed by atoms with Gasteiger partial charge in [0.25, 0.3) is 0 Å². The van der Waals surface area contributed by atoms with Gasteiger partial charge in [0.15, 0.2) is 0 Å². The van der Waals surface area contributed by atoms with E-state index in [1.807, 2.05) is 0 Å². The molecule has 0 aromatic heterocycles. The molecule has 0 bridgehead atoms. The van der Waals surface area contributed by atoms with Crippen LogP contribution in [0, 0.1) is 17.8 Å². The number of unbranched alkanes of at least 4 members (excludes halogenated alkanes) is 12. The Morgan fingerprint density at radius 3 is 1.84 bits per heavy atom. The van der Waals surface area contributed by atoms with Gasteiger partial charge in [0, 0.05) is 25.2 Å². The highest BCUT2D eigenvalue weighted by molar-refractivity contribution is 5.86. The number of aliphatic hydroxyl groups excluding tert-OH is 3. The van der Waals surface area contributed by atoms with Crippen molar-refractivity contribution in [2.24, 2.45) is 17.8 Å². The third-order valence-corrected chi connectivity index (χ3v) is 8.84. The lowest BCUT2D eigenvalue weighted by Gasteiger charge is -2.19. The fourth-order valence-corrected chi connectivity index (χ4v) is 6.00. The molecule has 5 atom stereocenters. The SMILES string of the molecule is CCCCC[C@H](O)/C=C/[C@H]1C(=O)C[C@H](O)[C@@H]1CCCCCCC(=O)OC[C@H](O)COC(=O)CCCCCCCCCCC(C)C. The molecule has 1 rings (SSSR count). The zero-order valence-electron chi connectivity index (χ0n) is 28.8. The molecule has 262 valence electrons. The van der Waals surface area contributed by atoms with Gasteiger partial charge in [-0.25, -0.2) is 0 Å². The van der Waals surface area contributed by atoms with Crippen molar-refractivity contribution in [3.63, 3.8) is 0 Å². The van der Waals surface area contributed by atoms with Gasteiger partial charge in [0.1, 0.15) is 25.1 Å². The predicted octanol–water partition coefficient (Wildman–Crippen LogP) is 7.39. The average molecular weight is 639 g/mol. The van der Waals surface area contributed by atoms with Crippen LogP contribution in [0.25, 0.3) is 0 Å². The first-order chi connectivity index (χ1) is 21.6. The summed E-state index contributed by atoms with van der Waals surface area (Å²) in [6, 6.07) is 0. The number of ketones is 1. The Morgan fingerprint density at radius 2 is 1.29 bits per heavy atom. The lowest BCUT2D eigenvalue weighted by molar-refractivity contribution is -0.152. The molecule has 0 aromatic carbocycles. The van der Waals surface area contributed by atoms with E-state index in [4.69, 9.17) is 9.47 Å². The topological polar surface area (TPSA) is 130 Å². The maximum absolute atomic E-state index is 12.4. The molecule has 1 aliphatic carbocycles. The van der Waals surface area contributed by atoms with Gasteiger partial charge in [0.05, 0.1) is 12.2 Å². The number of esters is 2. The Labute approximate surface area is 273 Å².